The van der Waals surface area contributed by atoms with Gasteiger partial charge in [-0.25, -0.2) is 0 Å². The van der Waals surface area contributed by atoms with Gasteiger partial charge < -0.3 is 0 Å². The van der Waals surface area contributed by atoms with Crippen molar-refractivity contribution in [3.05, 3.63) is 24.1 Å². The molecule has 0 saturated heterocycles. The van der Waals surface area contributed by atoms with Crippen molar-refractivity contribution >= 4 is 23.5 Å². The van der Waals surface area contributed by atoms with Gasteiger partial charge in [-0.15, -0.1) is 24.1 Å². The SMILES string of the molecule is BC(=C)C(B)C(B)=C. The molecule has 0 nitrogen and oxygen atoms in total. The van der Waals surface area contributed by atoms with Gasteiger partial charge in [0.1, 0.15) is 23.5 Å². The fraction of sp³-hybridized carbons (Fsp3) is 0.200. The Morgan fingerprint density at radius 3 is 1.38 bits per heavy atom. The third-order valence-electron chi connectivity index (χ3n) is 1.48. The minimum absolute atomic E-state index is 0.481. The van der Waals surface area contributed by atoms with Crippen molar-refractivity contribution in [1.29, 1.82) is 0 Å². The highest BCUT2D eigenvalue weighted by Gasteiger charge is 1.99. The van der Waals surface area contributed by atoms with Crippen LogP contribution in [0.2, 0.25) is 5.82 Å². The van der Waals surface area contributed by atoms with Crippen LogP contribution in [0.1, 0.15) is 0 Å². The Balaban J connectivity index is 3.83. The fourth-order valence-corrected chi connectivity index (χ4v) is 0.421. The Hall–Kier alpha value is -0.325. The monoisotopic (exact) mass is 104 g/mol. The molecule has 3 heteroatoms. The first-order valence-electron chi connectivity index (χ1n) is 2.86. The van der Waals surface area contributed by atoms with Gasteiger partial charge in [0.2, 0.25) is 0 Å². The van der Waals surface area contributed by atoms with Gasteiger partial charge in [0.05, 0.1) is 0 Å². The van der Waals surface area contributed by atoms with E-state index < -0.39 is 0 Å². The van der Waals surface area contributed by atoms with Gasteiger partial charge >= 0.3 is 0 Å². The molecule has 0 amide bonds. The molecule has 0 rings (SSSR count). The number of hydrogen-bond donors (Lipinski definition) is 0. The maximum atomic E-state index is 3.82. The molecule has 0 aromatic carbocycles. The molecule has 0 fully saturated rings. The van der Waals surface area contributed by atoms with Crippen LogP contribution < -0.4 is 0 Å². The molecule has 0 aromatic heterocycles. The molecular formula is C5H11B3. The highest BCUT2D eigenvalue weighted by atomic mass is 13.9. The van der Waals surface area contributed by atoms with Crippen molar-refractivity contribution in [3.63, 3.8) is 0 Å². The van der Waals surface area contributed by atoms with E-state index >= 15 is 0 Å². The molecule has 0 aliphatic carbocycles. The van der Waals surface area contributed by atoms with Crippen LogP contribution >= 0.6 is 0 Å². The average molecular weight is 104 g/mol. The second-order valence-electron chi connectivity index (χ2n) is 2.41. The van der Waals surface area contributed by atoms with Crippen molar-refractivity contribution in [2.24, 2.45) is 0 Å². The zero-order chi connectivity index (χ0) is 6.73. The van der Waals surface area contributed by atoms with Crippen molar-refractivity contribution in [2.75, 3.05) is 0 Å². The Morgan fingerprint density at radius 1 is 1.12 bits per heavy atom. The van der Waals surface area contributed by atoms with E-state index in [1.54, 1.807) is 0 Å². The maximum absolute atomic E-state index is 3.82. The van der Waals surface area contributed by atoms with Gasteiger partial charge in [-0.3, -0.25) is 0 Å². The molecular weight excluding hydrogens is 92.5 g/mol. The summed E-state index contributed by atoms with van der Waals surface area (Å²) in [6.07, 6.45) is 0. The number of rotatable bonds is 2. The van der Waals surface area contributed by atoms with E-state index in [1.807, 2.05) is 15.7 Å². The van der Waals surface area contributed by atoms with Crippen molar-refractivity contribution in [3.8, 4) is 0 Å². The van der Waals surface area contributed by atoms with E-state index in [0.717, 1.165) is 0 Å². The smallest absolute Gasteiger partial charge is 0.119 e. The molecule has 0 radical (unpaired) electrons. The average Bonchev–Trinajstić information content (AvgIpc) is 1.64. The van der Waals surface area contributed by atoms with Gasteiger partial charge in [0.15, 0.2) is 0 Å². The van der Waals surface area contributed by atoms with Crippen molar-refractivity contribution in [1.82, 2.24) is 0 Å². The Labute approximate surface area is 54.3 Å². The summed E-state index contributed by atoms with van der Waals surface area (Å²) in [5, 5.41) is 0. The highest BCUT2D eigenvalue weighted by Crippen LogP contribution is 2.13. The van der Waals surface area contributed by atoms with Gasteiger partial charge in [-0.1, -0.05) is 0 Å². The predicted octanol–water partition coefficient (Wildman–Crippen LogP) is -1.30. The zero-order valence-electron chi connectivity index (χ0n) is 5.99. The molecule has 0 aromatic rings. The number of allylic oxidation sites excluding steroid dienone is 2. The normalized spacial score (nSPS) is 9.12. The van der Waals surface area contributed by atoms with Crippen LogP contribution in [-0.4, -0.2) is 23.5 Å². The quantitative estimate of drug-likeness (QED) is 0.381. The lowest BCUT2D eigenvalue weighted by atomic mass is 9.64. The summed E-state index contributed by atoms with van der Waals surface area (Å²) < 4.78 is 0. The molecule has 0 saturated carbocycles. The van der Waals surface area contributed by atoms with Crippen LogP contribution in [0.3, 0.4) is 0 Å². The summed E-state index contributed by atoms with van der Waals surface area (Å²) in [7, 11) is 6.17. The molecule has 0 N–H and O–H groups in total. The van der Waals surface area contributed by atoms with E-state index in [4.69, 9.17) is 0 Å². The van der Waals surface area contributed by atoms with E-state index in [0.29, 0.717) is 5.82 Å². The Kier molecular flexibility index (Phi) is 2.74. The molecule has 40 valence electrons. The molecule has 0 spiro atoms. The van der Waals surface area contributed by atoms with Crippen LogP contribution in [-0.2, 0) is 0 Å². The first kappa shape index (κ1) is 7.67. The molecule has 0 heterocycles. The molecule has 0 unspecified atom stereocenters. The van der Waals surface area contributed by atoms with Gasteiger partial charge in [0, 0.05) is 0 Å². The summed E-state index contributed by atoms with van der Waals surface area (Å²) in [5.74, 6) is 0.481. The number of hydrogen-bond acceptors (Lipinski definition) is 0. The Bertz CT molecular complexity index is 103. The lowest BCUT2D eigenvalue weighted by Gasteiger charge is -2.08. The second kappa shape index (κ2) is 2.86. The largest absolute Gasteiger partial charge is 0.132 e. The third-order valence-corrected chi connectivity index (χ3v) is 1.48. The van der Waals surface area contributed by atoms with Crippen LogP contribution in [0, 0.1) is 0 Å². The maximum Gasteiger partial charge on any atom is 0.132 e. The molecule has 8 heavy (non-hydrogen) atoms. The first-order valence-corrected chi connectivity index (χ1v) is 2.86. The molecule has 0 atom stereocenters. The van der Waals surface area contributed by atoms with E-state index in [2.05, 4.69) is 21.0 Å². The minimum atomic E-state index is 0.481. The zero-order valence-corrected chi connectivity index (χ0v) is 5.99. The molecule has 0 aliphatic rings. The lowest BCUT2D eigenvalue weighted by Crippen LogP contribution is -1.98. The Morgan fingerprint density at radius 2 is 1.38 bits per heavy atom. The predicted molar refractivity (Wildman–Crippen MR) is 47.7 cm³/mol. The second-order valence-corrected chi connectivity index (χ2v) is 2.41. The fourth-order valence-electron chi connectivity index (χ4n) is 0.421. The van der Waals surface area contributed by atoms with E-state index in [1.165, 1.54) is 10.9 Å². The molecule has 0 aliphatic heterocycles. The summed E-state index contributed by atoms with van der Waals surface area (Å²) in [6, 6.07) is 0. The minimum Gasteiger partial charge on any atom is -0.119 e. The van der Waals surface area contributed by atoms with E-state index in [-0.39, 0.29) is 0 Å². The van der Waals surface area contributed by atoms with Gasteiger partial charge in [-0.05, 0) is 5.82 Å². The van der Waals surface area contributed by atoms with Gasteiger partial charge in [-0.2, -0.15) is 0 Å². The topological polar surface area (TPSA) is 0 Å². The van der Waals surface area contributed by atoms with Crippen LogP contribution in [0.5, 0.6) is 0 Å². The van der Waals surface area contributed by atoms with E-state index in [9.17, 15) is 0 Å². The highest BCUT2D eigenvalue weighted by molar-refractivity contribution is 6.36. The first-order chi connectivity index (χ1) is 3.55. The van der Waals surface area contributed by atoms with Gasteiger partial charge in [0.25, 0.3) is 0 Å². The molecule has 0 bridgehead atoms. The van der Waals surface area contributed by atoms with Crippen molar-refractivity contribution in [2.45, 2.75) is 5.82 Å². The summed E-state index contributed by atoms with van der Waals surface area (Å²) in [6.45, 7) is 7.63. The van der Waals surface area contributed by atoms with Crippen LogP contribution in [0.25, 0.3) is 0 Å². The van der Waals surface area contributed by atoms with Crippen molar-refractivity contribution < 1.29 is 0 Å². The van der Waals surface area contributed by atoms with Crippen LogP contribution in [0.4, 0.5) is 0 Å². The standard InChI is InChI=1S/C5H11B3/c1-3(6)5(8)4(2)7/h5H,1-2,6-8H2. The van der Waals surface area contributed by atoms with Crippen LogP contribution in [0.15, 0.2) is 24.1 Å². The summed E-state index contributed by atoms with van der Waals surface area (Å²) in [5.41, 5.74) is 2.38. The summed E-state index contributed by atoms with van der Waals surface area (Å²) >= 11 is 0. The summed E-state index contributed by atoms with van der Waals surface area (Å²) in [4.78, 5) is 0. The lowest BCUT2D eigenvalue weighted by molar-refractivity contribution is 1.32. The third kappa shape index (κ3) is 2.11.